The lowest BCUT2D eigenvalue weighted by atomic mass is 10.2. The second-order valence-electron chi connectivity index (χ2n) is 8.41. The Balaban J connectivity index is 1.27. The summed E-state index contributed by atoms with van der Waals surface area (Å²) in [5.41, 5.74) is 1.97. The highest BCUT2D eigenvalue weighted by Gasteiger charge is 2.19. The maximum Gasteiger partial charge on any atom is 0.316 e. The number of rotatable bonds is 7. The van der Waals surface area contributed by atoms with Crippen molar-refractivity contribution in [2.75, 3.05) is 50.8 Å². The van der Waals surface area contributed by atoms with Crippen molar-refractivity contribution >= 4 is 11.6 Å². The fourth-order valence-electron chi connectivity index (χ4n) is 4.26. The van der Waals surface area contributed by atoms with E-state index in [4.69, 9.17) is 9.26 Å². The van der Waals surface area contributed by atoms with E-state index in [0.717, 1.165) is 57.1 Å². The van der Waals surface area contributed by atoms with Crippen LogP contribution in [-0.2, 0) is 4.74 Å². The van der Waals surface area contributed by atoms with Gasteiger partial charge in [0.2, 0.25) is 5.82 Å². The van der Waals surface area contributed by atoms with E-state index in [1.807, 2.05) is 24.3 Å². The Morgan fingerprint density at radius 2 is 1.77 bits per heavy atom. The summed E-state index contributed by atoms with van der Waals surface area (Å²) >= 11 is 0. The number of hydrogen-bond acceptors (Lipinski definition) is 7. The monoisotopic (exact) mass is 427 g/mol. The summed E-state index contributed by atoms with van der Waals surface area (Å²) < 4.78 is 10.6. The molecule has 0 saturated carbocycles. The van der Waals surface area contributed by atoms with Crippen LogP contribution in [0.1, 0.15) is 49.7 Å². The van der Waals surface area contributed by atoms with Gasteiger partial charge in [0.1, 0.15) is 0 Å². The Hall–Kier alpha value is -2.45. The van der Waals surface area contributed by atoms with Gasteiger partial charge in [-0.3, -0.25) is 4.79 Å². The summed E-state index contributed by atoms with van der Waals surface area (Å²) in [4.78, 5) is 21.5. The molecule has 1 aromatic carbocycles. The SMILES string of the molecule is C[C@@H](CCNC(=O)c1nc(-c2ccc(N3CCOCC3)cc2)no1)N1CCCCCC1. The minimum Gasteiger partial charge on any atom is -0.378 e. The molecule has 1 atom stereocenters. The van der Waals surface area contributed by atoms with Gasteiger partial charge >= 0.3 is 11.8 Å². The first kappa shape index (κ1) is 21.8. The molecule has 0 aliphatic carbocycles. The van der Waals surface area contributed by atoms with Gasteiger partial charge in [0.25, 0.3) is 0 Å². The van der Waals surface area contributed by atoms with Gasteiger partial charge in [0.15, 0.2) is 0 Å². The smallest absolute Gasteiger partial charge is 0.316 e. The van der Waals surface area contributed by atoms with Crippen LogP contribution >= 0.6 is 0 Å². The zero-order chi connectivity index (χ0) is 21.5. The quantitative estimate of drug-likeness (QED) is 0.727. The average Bonchev–Trinajstić information content (AvgIpc) is 3.15. The molecule has 0 radical (unpaired) electrons. The van der Waals surface area contributed by atoms with Gasteiger partial charge in [-0.1, -0.05) is 18.0 Å². The third kappa shape index (κ3) is 5.83. The van der Waals surface area contributed by atoms with Crippen LogP contribution in [-0.4, -0.2) is 72.9 Å². The first-order valence-corrected chi connectivity index (χ1v) is 11.5. The number of morpholine rings is 1. The number of carbonyl (C=O) groups is 1. The molecule has 2 aliphatic heterocycles. The Labute approximate surface area is 183 Å². The number of likely N-dealkylation sites (tertiary alicyclic amines) is 1. The lowest BCUT2D eigenvalue weighted by Crippen LogP contribution is -2.37. The van der Waals surface area contributed by atoms with Crippen molar-refractivity contribution in [2.24, 2.45) is 0 Å². The molecule has 8 heteroatoms. The highest BCUT2D eigenvalue weighted by molar-refractivity contribution is 5.89. The minimum atomic E-state index is -0.313. The molecule has 2 aromatic rings. The van der Waals surface area contributed by atoms with E-state index < -0.39 is 0 Å². The van der Waals surface area contributed by atoms with Crippen LogP contribution in [0.25, 0.3) is 11.4 Å². The van der Waals surface area contributed by atoms with Crippen molar-refractivity contribution < 1.29 is 14.1 Å². The Morgan fingerprint density at radius 3 is 2.48 bits per heavy atom. The Kier molecular flexibility index (Phi) is 7.53. The van der Waals surface area contributed by atoms with E-state index in [-0.39, 0.29) is 11.8 Å². The summed E-state index contributed by atoms with van der Waals surface area (Å²) in [6, 6.07) is 8.46. The molecule has 1 amide bonds. The number of aromatic nitrogens is 2. The number of benzene rings is 1. The largest absolute Gasteiger partial charge is 0.378 e. The van der Waals surface area contributed by atoms with Crippen LogP contribution in [0.3, 0.4) is 0 Å². The molecule has 2 fully saturated rings. The van der Waals surface area contributed by atoms with Crippen molar-refractivity contribution in [3.05, 3.63) is 30.2 Å². The summed E-state index contributed by atoms with van der Waals surface area (Å²) in [5.74, 6) is 0.123. The van der Waals surface area contributed by atoms with E-state index in [0.29, 0.717) is 18.4 Å². The van der Waals surface area contributed by atoms with Crippen LogP contribution in [0.2, 0.25) is 0 Å². The lowest BCUT2D eigenvalue weighted by molar-refractivity contribution is 0.0904. The number of amides is 1. The number of nitrogens with zero attached hydrogens (tertiary/aromatic N) is 4. The second kappa shape index (κ2) is 10.7. The molecule has 1 N–H and O–H groups in total. The fourth-order valence-corrected chi connectivity index (χ4v) is 4.26. The maximum atomic E-state index is 12.4. The summed E-state index contributed by atoms with van der Waals surface area (Å²) in [5, 5.41) is 6.91. The van der Waals surface area contributed by atoms with Gasteiger partial charge in [0, 0.05) is 36.9 Å². The molecule has 1 aromatic heterocycles. The summed E-state index contributed by atoms with van der Waals surface area (Å²) in [7, 11) is 0. The van der Waals surface area contributed by atoms with Crippen LogP contribution < -0.4 is 10.2 Å². The van der Waals surface area contributed by atoms with Crippen molar-refractivity contribution in [1.82, 2.24) is 20.4 Å². The van der Waals surface area contributed by atoms with Gasteiger partial charge in [-0.25, -0.2) is 0 Å². The molecule has 168 valence electrons. The van der Waals surface area contributed by atoms with Crippen molar-refractivity contribution in [2.45, 2.75) is 45.1 Å². The second-order valence-corrected chi connectivity index (χ2v) is 8.41. The molecule has 0 unspecified atom stereocenters. The van der Waals surface area contributed by atoms with Crippen LogP contribution in [0.5, 0.6) is 0 Å². The normalized spacial score (nSPS) is 19.1. The maximum absolute atomic E-state index is 12.4. The molecule has 8 nitrogen and oxygen atoms in total. The molecule has 31 heavy (non-hydrogen) atoms. The Morgan fingerprint density at radius 1 is 1.06 bits per heavy atom. The number of carbonyl (C=O) groups excluding carboxylic acids is 1. The molecular weight excluding hydrogens is 394 g/mol. The molecule has 0 bridgehead atoms. The van der Waals surface area contributed by atoms with Crippen LogP contribution in [0.4, 0.5) is 5.69 Å². The van der Waals surface area contributed by atoms with E-state index in [1.54, 1.807) is 0 Å². The van der Waals surface area contributed by atoms with E-state index in [1.165, 1.54) is 25.7 Å². The molecule has 2 aliphatic rings. The van der Waals surface area contributed by atoms with E-state index in [2.05, 4.69) is 32.2 Å². The topological polar surface area (TPSA) is 83.7 Å². The number of anilines is 1. The lowest BCUT2D eigenvalue weighted by Gasteiger charge is -2.28. The number of nitrogens with one attached hydrogen (secondary N) is 1. The zero-order valence-electron chi connectivity index (χ0n) is 18.4. The first-order chi connectivity index (χ1) is 15.2. The summed E-state index contributed by atoms with van der Waals surface area (Å²) in [6.07, 6.45) is 6.12. The van der Waals surface area contributed by atoms with Gasteiger partial charge in [-0.05, 0) is 63.5 Å². The van der Waals surface area contributed by atoms with Gasteiger partial charge in [0.05, 0.1) is 13.2 Å². The zero-order valence-corrected chi connectivity index (χ0v) is 18.4. The fraction of sp³-hybridized carbons (Fsp3) is 0.609. The highest BCUT2D eigenvalue weighted by Crippen LogP contribution is 2.22. The molecule has 3 heterocycles. The first-order valence-electron chi connectivity index (χ1n) is 11.5. The molecule has 4 rings (SSSR count). The molecule has 2 saturated heterocycles. The van der Waals surface area contributed by atoms with Crippen LogP contribution in [0, 0.1) is 0 Å². The summed E-state index contributed by atoms with van der Waals surface area (Å²) in [6.45, 7) is 8.44. The average molecular weight is 428 g/mol. The highest BCUT2D eigenvalue weighted by atomic mass is 16.5. The molecule has 0 spiro atoms. The van der Waals surface area contributed by atoms with Crippen molar-refractivity contribution in [1.29, 1.82) is 0 Å². The van der Waals surface area contributed by atoms with Crippen molar-refractivity contribution in [3.8, 4) is 11.4 Å². The molecular formula is C23H33N5O3. The number of ether oxygens (including phenoxy) is 1. The minimum absolute atomic E-state index is 0.00896. The van der Waals surface area contributed by atoms with Crippen LogP contribution in [0.15, 0.2) is 28.8 Å². The number of hydrogen-bond donors (Lipinski definition) is 1. The standard InChI is InChI=1S/C23H33N5O3/c1-18(27-12-4-2-3-5-13-27)10-11-24-22(29)23-25-21(26-31-23)19-6-8-20(9-7-19)28-14-16-30-17-15-28/h6-9,18H,2-5,10-17H2,1H3,(H,24,29)/t18-/m0/s1. The Bertz CT molecular complexity index is 824. The predicted molar refractivity (Wildman–Crippen MR) is 119 cm³/mol. The van der Waals surface area contributed by atoms with Gasteiger partial charge in [-0.15, -0.1) is 0 Å². The van der Waals surface area contributed by atoms with E-state index >= 15 is 0 Å². The van der Waals surface area contributed by atoms with Gasteiger partial charge in [-0.2, -0.15) is 4.98 Å². The third-order valence-electron chi connectivity index (χ3n) is 6.23. The van der Waals surface area contributed by atoms with Gasteiger partial charge < -0.3 is 24.4 Å². The van der Waals surface area contributed by atoms with E-state index in [9.17, 15) is 4.79 Å². The predicted octanol–water partition coefficient (Wildman–Crippen LogP) is 2.96. The third-order valence-corrected chi connectivity index (χ3v) is 6.23. The van der Waals surface area contributed by atoms with Crippen molar-refractivity contribution in [3.63, 3.8) is 0 Å².